The summed E-state index contributed by atoms with van der Waals surface area (Å²) in [6.45, 7) is 0.146. The Morgan fingerprint density at radius 3 is 2.68 bits per heavy atom. The van der Waals surface area contributed by atoms with Crippen molar-refractivity contribution in [3.8, 4) is 0 Å². The summed E-state index contributed by atoms with van der Waals surface area (Å²) < 4.78 is 9.96. The predicted octanol–water partition coefficient (Wildman–Crippen LogP) is 2.35. The van der Waals surface area contributed by atoms with Gasteiger partial charge < -0.3 is 9.47 Å². The third-order valence-electron chi connectivity index (χ3n) is 3.17. The van der Waals surface area contributed by atoms with Crippen LogP contribution in [0.1, 0.15) is 23.2 Å². The number of allylic oxidation sites excluding steroid dienone is 1. The quantitative estimate of drug-likeness (QED) is 0.616. The molecule has 0 saturated heterocycles. The Kier molecular flexibility index (Phi) is 4.34. The maximum absolute atomic E-state index is 11.8. The lowest BCUT2D eigenvalue weighted by Gasteiger charge is -2.12. The molecule has 0 unspecified atom stereocenters. The molecule has 0 bridgehead atoms. The number of methoxy groups -OCH3 is 1. The van der Waals surface area contributed by atoms with Crippen molar-refractivity contribution in [2.45, 2.75) is 12.8 Å². The summed E-state index contributed by atoms with van der Waals surface area (Å²) in [6, 6.07) is 8.79. The summed E-state index contributed by atoms with van der Waals surface area (Å²) in [7, 11) is 1.37. The molecule has 100 valence electrons. The number of carbonyl (C=O) groups is 2. The summed E-state index contributed by atoms with van der Waals surface area (Å²) in [5.41, 5.74) is 1.34. The first kappa shape index (κ1) is 13.3. The Morgan fingerprint density at radius 1 is 1.26 bits per heavy atom. The largest absolute Gasteiger partial charge is 0.469 e. The molecule has 0 N–H and O–H groups in total. The minimum absolute atomic E-state index is 0.146. The Balaban J connectivity index is 1.92. The molecule has 4 nitrogen and oxygen atoms in total. The number of benzene rings is 1. The Labute approximate surface area is 112 Å². The molecule has 0 aliphatic heterocycles. The Morgan fingerprint density at radius 2 is 2.00 bits per heavy atom. The van der Waals surface area contributed by atoms with Crippen LogP contribution in [-0.2, 0) is 14.3 Å². The maximum atomic E-state index is 11.8. The first-order valence-electron chi connectivity index (χ1n) is 6.21. The van der Waals surface area contributed by atoms with Crippen LogP contribution in [-0.4, -0.2) is 25.7 Å². The topological polar surface area (TPSA) is 52.6 Å². The summed E-state index contributed by atoms with van der Waals surface area (Å²) in [4.78, 5) is 23.3. The van der Waals surface area contributed by atoms with E-state index < -0.39 is 0 Å². The number of carbonyl (C=O) groups excluding carboxylic acids is 2. The van der Waals surface area contributed by atoms with Crippen LogP contribution in [0.3, 0.4) is 0 Å². The molecule has 2 rings (SSSR count). The molecule has 0 saturated carbocycles. The number of esters is 2. The predicted molar refractivity (Wildman–Crippen MR) is 69.5 cm³/mol. The van der Waals surface area contributed by atoms with Gasteiger partial charge in [0.2, 0.25) is 0 Å². The first-order chi connectivity index (χ1) is 9.22. The lowest BCUT2D eigenvalue weighted by Crippen LogP contribution is -2.19. The molecule has 19 heavy (non-hydrogen) atoms. The van der Waals surface area contributed by atoms with Crippen molar-refractivity contribution in [2.24, 2.45) is 5.92 Å². The van der Waals surface area contributed by atoms with Gasteiger partial charge in [-0.05, 0) is 30.5 Å². The number of ether oxygens (including phenoxy) is 2. The molecule has 1 aromatic rings. The standard InChI is InChI=1S/C15H16O4/c1-18-15(17)13-9-5-8-12(13)10-19-14(16)11-6-3-2-4-7-11/h2-4,6-8,13H,5,9-10H2,1H3/t13-/m1/s1. The number of hydrogen-bond donors (Lipinski definition) is 0. The molecule has 1 aliphatic rings. The Bertz CT molecular complexity index is 490. The minimum atomic E-state index is -0.378. The van der Waals surface area contributed by atoms with Gasteiger partial charge in [0.1, 0.15) is 6.61 Å². The van der Waals surface area contributed by atoms with Gasteiger partial charge in [0.05, 0.1) is 18.6 Å². The van der Waals surface area contributed by atoms with Gasteiger partial charge in [0.15, 0.2) is 0 Å². The first-order valence-corrected chi connectivity index (χ1v) is 6.21. The average Bonchev–Trinajstić information content (AvgIpc) is 2.93. The molecule has 1 atom stereocenters. The Hall–Kier alpha value is -2.10. The van der Waals surface area contributed by atoms with Crippen LogP contribution in [0.15, 0.2) is 42.0 Å². The van der Waals surface area contributed by atoms with E-state index in [0.717, 1.165) is 18.4 Å². The van der Waals surface area contributed by atoms with E-state index in [4.69, 9.17) is 9.47 Å². The summed E-state index contributed by atoms with van der Waals surface area (Å²) in [5, 5.41) is 0. The third-order valence-corrected chi connectivity index (χ3v) is 3.17. The molecule has 4 heteroatoms. The fourth-order valence-corrected chi connectivity index (χ4v) is 2.14. The highest BCUT2D eigenvalue weighted by molar-refractivity contribution is 5.89. The van der Waals surface area contributed by atoms with Gasteiger partial charge in [-0.25, -0.2) is 4.79 Å². The van der Waals surface area contributed by atoms with Crippen LogP contribution in [0.25, 0.3) is 0 Å². The van der Waals surface area contributed by atoms with Gasteiger partial charge in [0.25, 0.3) is 0 Å². The fraction of sp³-hybridized carbons (Fsp3) is 0.333. The van der Waals surface area contributed by atoms with Crippen molar-refractivity contribution < 1.29 is 19.1 Å². The fourth-order valence-electron chi connectivity index (χ4n) is 2.14. The van der Waals surface area contributed by atoms with E-state index in [2.05, 4.69) is 0 Å². The summed E-state index contributed by atoms with van der Waals surface area (Å²) >= 11 is 0. The molecule has 1 aromatic carbocycles. The van der Waals surface area contributed by atoms with Crippen LogP contribution < -0.4 is 0 Å². The monoisotopic (exact) mass is 260 g/mol. The van der Waals surface area contributed by atoms with E-state index in [1.54, 1.807) is 24.3 Å². The van der Waals surface area contributed by atoms with Crippen LogP contribution in [0.4, 0.5) is 0 Å². The lowest BCUT2D eigenvalue weighted by atomic mass is 10.0. The smallest absolute Gasteiger partial charge is 0.338 e. The second kappa shape index (κ2) is 6.18. The molecule has 0 amide bonds. The van der Waals surface area contributed by atoms with Crippen molar-refractivity contribution >= 4 is 11.9 Å². The van der Waals surface area contributed by atoms with Crippen LogP contribution in [0, 0.1) is 5.92 Å². The molecular weight excluding hydrogens is 244 g/mol. The van der Waals surface area contributed by atoms with Crippen LogP contribution >= 0.6 is 0 Å². The molecule has 0 spiro atoms. The van der Waals surface area contributed by atoms with E-state index in [1.165, 1.54) is 7.11 Å². The van der Waals surface area contributed by atoms with Crippen molar-refractivity contribution in [2.75, 3.05) is 13.7 Å². The van der Waals surface area contributed by atoms with E-state index in [-0.39, 0.29) is 24.5 Å². The molecule has 1 aliphatic carbocycles. The van der Waals surface area contributed by atoms with E-state index >= 15 is 0 Å². The van der Waals surface area contributed by atoms with E-state index in [1.807, 2.05) is 12.1 Å². The van der Waals surface area contributed by atoms with Gasteiger partial charge in [-0.1, -0.05) is 24.3 Å². The lowest BCUT2D eigenvalue weighted by molar-refractivity contribution is -0.144. The van der Waals surface area contributed by atoms with Crippen molar-refractivity contribution in [3.63, 3.8) is 0 Å². The highest BCUT2D eigenvalue weighted by atomic mass is 16.5. The average molecular weight is 260 g/mol. The van der Waals surface area contributed by atoms with E-state index in [0.29, 0.717) is 5.56 Å². The molecule has 0 aromatic heterocycles. The zero-order valence-corrected chi connectivity index (χ0v) is 10.8. The molecule has 0 fully saturated rings. The summed E-state index contributed by atoms with van der Waals surface area (Å²) in [5.74, 6) is -0.912. The van der Waals surface area contributed by atoms with Crippen molar-refractivity contribution in [1.82, 2.24) is 0 Å². The molecular formula is C15H16O4. The summed E-state index contributed by atoms with van der Waals surface area (Å²) in [6.07, 6.45) is 3.49. The highest BCUT2D eigenvalue weighted by Gasteiger charge is 2.27. The minimum Gasteiger partial charge on any atom is -0.469 e. The second-order valence-electron chi connectivity index (χ2n) is 4.37. The van der Waals surface area contributed by atoms with Gasteiger partial charge in [-0.15, -0.1) is 0 Å². The van der Waals surface area contributed by atoms with Crippen LogP contribution in [0.5, 0.6) is 0 Å². The van der Waals surface area contributed by atoms with Crippen LogP contribution in [0.2, 0.25) is 0 Å². The van der Waals surface area contributed by atoms with E-state index in [9.17, 15) is 9.59 Å². The second-order valence-corrected chi connectivity index (χ2v) is 4.37. The van der Waals surface area contributed by atoms with Gasteiger partial charge in [-0.2, -0.15) is 0 Å². The number of hydrogen-bond acceptors (Lipinski definition) is 4. The highest BCUT2D eigenvalue weighted by Crippen LogP contribution is 2.27. The maximum Gasteiger partial charge on any atom is 0.338 e. The zero-order valence-electron chi connectivity index (χ0n) is 10.8. The van der Waals surface area contributed by atoms with Gasteiger partial charge in [-0.3, -0.25) is 4.79 Å². The number of rotatable bonds is 4. The SMILES string of the molecule is COC(=O)[C@@H]1CCC=C1COC(=O)c1ccccc1. The van der Waals surface area contributed by atoms with Gasteiger partial charge >= 0.3 is 11.9 Å². The van der Waals surface area contributed by atoms with Gasteiger partial charge in [0, 0.05) is 0 Å². The molecule has 0 radical (unpaired) electrons. The third kappa shape index (κ3) is 3.22. The van der Waals surface area contributed by atoms with Crippen molar-refractivity contribution in [3.05, 3.63) is 47.5 Å². The van der Waals surface area contributed by atoms with Crippen molar-refractivity contribution in [1.29, 1.82) is 0 Å². The molecule has 0 heterocycles. The normalized spacial score (nSPS) is 17.7. The zero-order chi connectivity index (χ0) is 13.7.